The van der Waals surface area contributed by atoms with E-state index in [-0.39, 0.29) is 23.6 Å². The zero-order valence-corrected chi connectivity index (χ0v) is 21.3. The fraction of sp³-hybridized carbons (Fsp3) is 0.519. The Bertz CT molecular complexity index is 1080. The number of carbonyl (C=O) groups excluding carboxylic acids is 1. The summed E-state index contributed by atoms with van der Waals surface area (Å²) in [5, 5.41) is 0. The third kappa shape index (κ3) is 6.63. The van der Waals surface area contributed by atoms with Gasteiger partial charge in [0.05, 0.1) is 38.7 Å². The van der Waals surface area contributed by atoms with Crippen molar-refractivity contribution in [3.05, 3.63) is 65.7 Å². The van der Waals surface area contributed by atoms with Gasteiger partial charge < -0.3 is 14.4 Å². The molecule has 1 atom stereocenters. The number of methoxy groups -OCH3 is 1. The van der Waals surface area contributed by atoms with E-state index in [9.17, 15) is 13.2 Å². The smallest absolute Gasteiger partial charge is 0.264 e. The summed E-state index contributed by atoms with van der Waals surface area (Å²) in [6, 6.07) is 17.8. The van der Waals surface area contributed by atoms with E-state index in [1.54, 1.807) is 7.11 Å². The minimum atomic E-state index is -3.50. The van der Waals surface area contributed by atoms with Crippen molar-refractivity contribution in [2.24, 2.45) is 0 Å². The van der Waals surface area contributed by atoms with Crippen LogP contribution in [0.25, 0.3) is 0 Å². The predicted molar refractivity (Wildman–Crippen MR) is 134 cm³/mol. The normalized spacial score (nSPS) is 23.5. The van der Waals surface area contributed by atoms with Crippen LogP contribution in [0.5, 0.6) is 5.75 Å². The maximum Gasteiger partial charge on any atom is 0.264 e. The molecular weight excluding hydrogens is 466 g/mol. The first-order chi connectivity index (χ1) is 16.8. The fourth-order valence-corrected chi connectivity index (χ4v) is 6.23. The third-order valence-electron chi connectivity index (χ3n) is 7.18. The SMILES string of the molecule is COc1ccc(CC(COCc2ccccc2)N2C(=O)CCC23CCC(OS(C)(=O)=O)CC3)cc1. The van der Waals surface area contributed by atoms with Gasteiger partial charge in [0.25, 0.3) is 10.1 Å². The fourth-order valence-electron chi connectivity index (χ4n) is 5.54. The lowest BCUT2D eigenvalue weighted by Gasteiger charge is -2.47. The van der Waals surface area contributed by atoms with Gasteiger partial charge in [0.1, 0.15) is 5.75 Å². The summed E-state index contributed by atoms with van der Waals surface area (Å²) in [6.07, 6.45) is 5.46. The molecule has 2 aromatic rings. The molecule has 1 saturated carbocycles. The van der Waals surface area contributed by atoms with Gasteiger partial charge in [-0.15, -0.1) is 0 Å². The zero-order valence-electron chi connectivity index (χ0n) is 20.5. The summed E-state index contributed by atoms with van der Waals surface area (Å²) in [5.74, 6) is 0.942. The summed E-state index contributed by atoms with van der Waals surface area (Å²) in [5.41, 5.74) is 1.93. The lowest BCUT2D eigenvalue weighted by Crippen LogP contribution is -2.55. The van der Waals surface area contributed by atoms with Gasteiger partial charge in [-0.2, -0.15) is 8.42 Å². The van der Waals surface area contributed by atoms with Crippen LogP contribution in [-0.4, -0.2) is 56.9 Å². The zero-order chi connectivity index (χ0) is 24.9. The van der Waals surface area contributed by atoms with Crippen molar-refractivity contribution in [2.45, 2.75) is 69.2 Å². The molecule has 0 N–H and O–H groups in total. The maximum absolute atomic E-state index is 13.2. The minimum Gasteiger partial charge on any atom is -0.497 e. The van der Waals surface area contributed by atoms with E-state index in [0.717, 1.165) is 42.4 Å². The molecule has 1 unspecified atom stereocenters. The Balaban J connectivity index is 1.51. The first-order valence-electron chi connectivity index (χ1n) is 12.2. The van der Waals surface area contributed by atoms with Crippen LogP contribution in [0.3, 0.4) is 0 Å². The Morgan fingerprint density at radius 2 is 1.69 bits per heavy atom. The lowest BCUT2D eigenvalue weighted by atomic mass is 9.77. The molecule has 1 heterocycles. The molecule has 35 heavy (non-hydrogen) atoms. The molecule has 1 aliphatic carbocycles. The van der Waals surface area contributed by atoms with Crippen molar-refractivity contribution < 1.29 is 26.9 Å². The Labute approximate surface area is 208 Å². The van der Waals surface area contributed by atoms with Crippen LogP contribution in [0, 0.1) is 0 Å². The Morgan fingerprint density at radius 3 is 2.31 bits per heavy atom. The topological polar surface area (TPSA) is 82.1 Å². The lowest BCUT2D eigenvalue weighted by molar-refractivity contribution is -0.138. The van der Waals surface area contributed by atoms with Crippen LogP contribution < -0.4 is 4.74 Å². The quantitative estimate of drug-likeness (QED) is 0.456. The molecule has 2 fully saturated rings. The van der Waals surface area contributed by atoms with E-state index >= 15 is 0 Å². The molecule has 1 saturated heterocycles. The number of hydrogen-bond donors (Lipinski definition) is 0. The van der Waals surface area contributed by atoms with Crippen molar-refractivity contribution in [1.29, 1.82) is 0 Å². The van der Waals surface area contributed by atoms with Crippen LogP contribution >= 0.6 is 0 Å². The molecule has 1 amide bonds. The van der Waals surface area contributed by atoms with Gasteiger partial charge in [0.15, 0.2) is 0 Å². The van der Waals surface area contributed by atoms with Gasteiger partial charge in [-0.25, -0.2) is 0 Å². The van der Waals surface area contributed by atoms with Crippen LogP contribution in [0.4, 0.5) is 0 Å². The molecule has 0 radical (unpaired) electrons. The van der Waals surface area contributed by atoms with Crippen LogP contribution in [0.15, 0.2) is 54.6 Å². The van der Waals surface area contributed by atoms with E-state index in [4.69, 9.17) is 13.7 Å². The first kappa shape index (κ1) is 25.7. The molecule has 4 rings (SSSR count). The van der Waals surface area contributed by atoms with Crippen LogP contribution in [0.2, 0.25) is 0 Å². The van der Waals surface area contributed by atoms with Crippen molar-refractivity contribution in [3.63, 3.8) is 0 Å². The molecular formula is C27H35NO6S. The second-order valence-corrected chi connectivity index (χ2v) is 11.3. The van der Waals surface area contributed by atoms with E-state index in [1.807, 2.05) is 54.6 Å². The maximum atomic E-state index is 13.2. The monoisotopic (exact) mass is 501 g/mol. The number of likely N-dealkylation sites (tertiary alicyclic amines) is 1. The van der Waals surface area contributed by atoms with Crippen LogP contribution in [0.1, 0.15) is 49.7 Å². The molecule has 7 nitrogen and oxygen atoms in total. The van der Waals surface area contributed by atoms with Crippen LogP contribution in [-0.2, 0) is 36.9 Å². The number of nitrogens with zero attached hydrogens (tertiary/aromatic N) is 1. The number of rotatable bonds is 10. The molecule has 190 valence electrons. The molecule has 2 aliphatic rings. The number of ether oxygens (including phenoxy) is 2. The molecule has 1 spiro atoms. The largest absolute Gasteiger partial charge is 0.497 e. The van der Waals surface area contributed by atoms with E-state index in [2.05, 4.69) is 4.90 Å². The highest BCUT2D eigenvalue weighted by atomic mass is 32.2. The van der Waals surface area contributed by atoms with Crippen molar-refractivity contribution in [2.75, 3.05) is 20.0 Å². The number of carbonyl (C=O) groups is 1. The first-order valence-corrected chi connectivity index (χ1v) is 14.0. The number of benzene rings is 2. The third-order valence-corrected chi connectivity index (χ3v) is 7.80. The van der Waals surface area contributed by atoms with Gasteiger partial charge in [-0.3, -0.25) is 8.98 Å². The van der Waals surface area contributed by atoms with E-state index < -0.39 is 10.1 Å². The van der Waals surface area contributed by atoms with Crippen molar-refractivity contribution in [1.82, 2.24) is 4.90 Å². The summed E-state index contributed by atoms with van der Waals surface area (Å²) >= 11 is 0. The Kier molecular flexibility index (Phi) is 8.14. The summed E-state index contributed by atoms with van der Waals surface area (Å²) < 4.78 is 39.9. The molecule has 0 aromatic heterocycles. The average Bonchev–Trinajstić information content (AvgIpc) is 3.16. The summed E-state index contributed by atoms with van der Waals surface area (Å²) in [7, 11) is -1.85. The number of amides is 1. The van der Waals surface area contributed by atoms with E-state index in [0.29, 0.717) is 38.9 Å². The highest BCUT2D eigenvalue weighted by molar-refractivity contribution is 7.86. The Morgan fingerprint density at radius 1 is 1.00 bits per heavy atom. The second kappa shape index (κ2) is 11.1. The van der Waals surface area contributed by atoms with Gasteiger partial charge >= 0.3 is 0 Å². The minimum absolute atomic E-state index is 0.116. The molecule has 8 heteroatoms. The standard InChI is InChI=1S/C27H35NO6S/c1-32-24-10-8-21(9-11-24)18-23(20-33-19-22-6-4-3-5-7-22)28-26(29)14-17-27(28)15-12-25(13-16-27)34-35(2,30)31/h3-11,23,25H,12-20H2,1-2H3. The van der Waals surface area contributed by atoms with Crippen molar-refractivity contribution >= 4 is 16.0 Å². The molecule has 1 aliphatic heterocycles. The predicted octanol–water partition coefficient (Wildman–Crippen LogP) is 4.10. The van der Waals surface area contributed by atoms with Gasteiger partial charge in [0.2, 0.25) is 5.91 Å². The van der Waals surface area contributed by atoms with Gasteiger partial charge in [-0.05, 0) is 61.8 Å². The highest BCUT2D eigenvalue weighted by Crippen LogP contribution is 2.44. The summed E-state index contributed by atoms with van der Waals surface area (Å²) in [4.78, 5) is 15.3. The summed E-state index contributed by atoms with van der Waals surface area (Å²) in [6.45, 7) is 0.914. The van der Waals surface area contributed by atoms with Crippen molar-refractivity contribution in [3.8, 4) is 5.75 Å². The highest BCUT2D eigenvalue weighted by Gasteiger charge is 2.50. The second-order valence-electron chi connectivity index (χ2n) is 9.69. The van der Waals surface area contributed by atoms with Gasteiger partial charge in [-0.1, -0.05) is 42.5 Å². The molecule has 0 bridgehead atoms. The number of hydrogen-bond acceptors (Lipinski definition) is 6. The van der Waals surface area contributed by atoms with E-state index in [1.165, 1.54) is 0 Å². The van der Waals surface area contributed by atoms with Gasteiger partial charge in [0, 0.05) is 12.0 Å². The Hall–Kier alpha value is -2.42. The molecule has 2 aromatic carbocycles. The average molecular weight is 502 g/mol.